The Kier molecular flexibility index (Phi) is 5.30. The van der Waals surface area contributed by atoms with Crippen LogP contribution in [0.25, 0.3) is 11.0 Å². The van der Waals surface area contributed by atoms with E-state index in [1.165, 1.54) is 23.9 Å². The van der Waals surface area contributed by atoms with E-state index in [-0.39, 0.29) is 17.4 Å². The van der Waals surface area contributed by atoms with Crippen molar-refractivity contribution in [1.82, 2.24) is 14.1 Å². The number of imidazole rings is 1. The number of rotatable bonds is 2. The van der Waals surface area contributed by atoms with Crippen LogP contribution in [0.4, 0.5) is 10.6 Å². The van der Waals surface area contributed by atoms with Gasteiger partial charge in [0, 0.05) is 12.1 Å². The molecule has 2 aromatic heterocycles. The first-order valence-corrected chi connectivity index (χ1v) is 7.56. The Balaban J connectivity index is 0.000000399. The standard InChI is InChI=1S/C12H16N4O4.C2H5NO2/c13-10-5-8-9(6-14-10)16(12(18,19)20)11(17)15(8)7-3-1-2-4-7;1-5-2(3)4/h5-7,18-20H,1-4H2,(H2,13,14);1H3,(H2,3,4). The van der Waals surface area contributed by atoms with Gasteiger partial charge in [0.25, 0.3) is 0 Å². The number of aliphatic hydroxyl groups is 3. The van der Waals surface area contributed by atoms with Crippen molar-refractivity contribution >= 4 is 22.9 Å². The van der Waals surface area contributed by atoms with Crippen molar-refractivity contribution in [3.05, 3.63) is 22.7 Å². The van der Waals surface area contributed by atoms with Gasteiger partial charge in [-0.2, -0.15) is 0 Å². The lowest BCUT2D eigenvalue weighted by atomic mass is 10.2. The van der Waals surface area contributed by atoms with Gasteiger partial charge in [-0.3, -0.25) is 4.57 Å². The average molecular weight is 355 g/mol. The summed E-state index contributed by atoms with van der Waals surface area (Å²) in [6.07, 6.45) is 0.906. The summed E-state index contributed by atoms with van der Waals surface area (Å²) in [5.41, 5.74) is 9.95. The number of hydrogen-bond acceptors (Lipinski definition) is 8. The second-order valence-electron chi connectivity index (χ2n) is 5.65. The summed E-state index contributed by atoms with van der Waals surface area (Å²) in [7, 11) is 1.22. The number of aromatic nitrogens is 3. The van der Waals surface area contributed by atoms with Crippen LogP contribution >= 0.6 is 0 Å². The van der Waals surface area contributed by atoms with Gasteiger partial charge in [0.15, 0.2) is 0 Å². The SMILES string of the molecule is COC(N)=O.Nc1cc2c(cn1)n(C(O)(O)O)c(=O)n2C1CCCC1. The van der Waals surface area contributed by atoms with Crippen LogP contribution < -0.4 is 17.2 Å². The average Bonchev–Trinajstić information content (AvgIpc) is 3.11. The Hall–Kier alpha value is -2.63. The van der Waals surface area contributed by atoms with Crippen molar-refractivity contribution in [2.45, 2.75) is 37.8 Å². The van der Waals surface area contributed by atoms with E-state index in [2.05, 4.69) is 15.5 Å². The Morgan fingerprint density at radius 2 is 1.88 bits per heavy atom. The van der Waals surface area contributed by atoms with Crippen molar-refractivity contribution in [3.63, 3.8) is 0 Å². The molecule has 0 atom stereocenters. The molecule has 25 heavy (non-hydrogen) atoms. The van der Waals surface area contributed by atoms with E-state index in [1.807, 2.05) is 0 Å². The van der Waals surface area contributed by atoms with Crippen LogP contribution in [0.5, 0.6) is 0 Å². The van der Waals surface area contributed by atoms with Crippen LogP contribution in [-0.4, -0.2) is 42.6 Å². The van der Waals surface area contributed by atoms with Crippen LogP contribution in [0.15, 0.2) is 17.1 Å². The molecule has 1 amide bonds. The van der Waals surface area contributed by atoms with Crippen molar-refractivity contribution in [1.29, 1.82) is 0 Å². The molecule has 2 aromatic rings. The Labute approximate surface area is 142 Å². The third-order valence-electron chi connectivity index (χ3n) is 3.97. The molecule has 11 nitrogen and oxygen atoms in total. The lowest BCUT2D eigenvalue weighted by molar-refractivity contribution is -0.374. The summed E-state index contributed by atoms with van der Waals surface area (Å²) in [4.78, 5) is 25.6. The summed E-state index contributed by atoms with van der Waals surface area (Å²) in [6.45, 7) is 0. The molecule has 3 rings (SSSR count). The first-order chi connectivity index (χ1) is 11.7. The number of ether oxygens (including phenoxy) is 1. The summed E-state index contributed by atoms with van der Waals surface area (Å²) < 4.78 is 5.85. The van der Waals surface area contributed by atoms with Crippen LogP contribution in [0.2, 0.25) is 0 Å². The van der Waals surface area contributed by atoms with Crippen LogP contribution in [0.1, 0.15) is 31.7 Å². The Bertz CT molecular complexity index is 815. The highest BCUT2D eigenvalue weighted by Gasteiger charge is 2.32. The summed E-state index contributed by atoms with van der Waals surface area (Å²) in [5.74, 6) is 0.223. The third kappa shape index (κ3) is 3.90. The molecule has 0 aromatic carbocycles. The number of carbonyl (C=O) groups is 1. The molecule has 11 heteroatoms. The highest BCUT2D eigenvalue weighted by molar-refractivity contribution is 5.78. The number of amides is 1. The van der Waals surface area contributed by atoms with Gasteiger partial charge in [0.2, 0.25) is 0 Å². The third-order valence-corrected chi connectivity index (χ3v) is 3.97. The summed E-state index contributed by atoms with van der Waals surface area (Å²) >= 11 is 0. The highest BCUT2D eigenvalue weighted by Crippen LogP contribution is 2.32. The van der Waals surface area contributed by atoms with Crippen molar-refractivity contribution in [3.8, 4) is 0 Å². The van der Waals surface area contributed by atoms with Gasteiger partial charge in [0.05, 0.1) is 24.3 Å². The first kappa shape index (κ1) is 18.7. The minimum Gasteiger partial charge on any atom is -0.453 e. The quantitative estimate of drug-likeness (QED) is 0.432. The van der Waals surface area contributed by atoms with Gasteiger partial charge in [-0.05, 0) is 12.8 Å². The summed E-state index contributed by atoms with van der Waals surface area (Å²) in [6, 6.07) is 1.47. The lowest BCUT2D eigenvalue weighted by Crippen LogP contribution is -2.41. The highest BCUT2D eigenvalue weighted by atomic mass is 16.7. The molecular weight excluding hydrogens is 334 g/mol. The van der Waals surface area contributed by atoms with Crippen LogP contribution in [0.3, 0.4) is 0 Å². The van der Waals surface area contributed by atoms with E-state index in [0.29, 0.717) is 10.1 Å². The second kappa shape index (κ2) is 7.09. The topological polar surface area (TPSA) is 179 Å². The summed E-state index contributed by atoms with van der Waals surface area (Å²) in [5, 5.41) is 28.2. The number of anilines is 1. The van der Waals surface area contributed by atoms with Crippen LogP contribution in [0, 0.1) is 0 Å². The Morgan fingerprint density at radius 1 is 1.32 bits per heavy atom. The number of pyridine rings is 1. The molecular formula is C14H21N5O6. The van der Waals surface area contributed by atoms with Gasteiger partial charge in [-0.15, -0.1) is 0 Å². The number of primary amides is 1. The molecule has 1 aliphatic rings. The first-order valence-electron chi connectivity index (χ1n) is 7.56. The normalized spacial score (nSPS) is 15.0. The van der Waals surface area contributed by atoms with Crippen molar-refractivity contribution in [2.75, 3.05) is 12.8 Å². The van der Waals surface area contributed by atoms with E-state index in [4.69, 9.17) is 5.73 Å². The maximum Gasteiger partial charge on any atom is 0.404 e. The van der Waals surface area contributed by atoms with Gasteiger partial charge in [0.1, 0.15) is 5.82 Å². The molecule has 7 N–H and O–H groups in total. The number of nitrogen functional groups attached to an aromatic ring is 1. The maximum atomic E-state index is 12.4. The number of nitrogens with zero attached hydrogens (tertiary/aromatic N) is 3. The van der Waals surface area contributed by atoms with E-state index in [1.54, 1.807) is 0 Å². The fraction of sp³-hybridized carbons (Fsp3) is 0.500. The zero-order valence-corrected chi connectivity index (χ0v) is 13.6. The van der Waals surface area contributed by atoms with Gasteiger partial charge in [-0.1, -0.05) is 12.8 Å². The molecule has 0 aliphatic heterocycles. The smallest absolute Gasteiger partial charge is 0.404 e. The number of methoxy groups -OCH3 is 1. The number of carbonyl (C=O) groups excluding carboxylic acids is 1. The monoisotopic (exact) mass is 355 g/mol. The molecule has 0 unspecified atom stereocenters. The van der Waals surface area contributed by atoms with Gasteiger partial charge >= 0.3 is 17.9 Å². The number of nitrogens with two attached hydrogens (primary N) is 2. The largest absolute Gasteiger partial charge is 0.453 e. The molecule has 0 radical (unpaired) electrons. The molecule has 1 saturated carbocycles. The number of fused-ring (bicyclic) bond motifs is 1. The minimum absolute atomic E-state index is 0.0320. The molecule has 2 heterocycles. The van der Waals surface area contributed by atoms with Crippen molar-refractivity contribution in [2.24, 2.45) is 5.73 Å². The Morgan fingerprint density at radius 3 is 2.36 bits per heavy atom. The zero-order chi connectivity index (χ0) is 18.8. The fourth-order valence-corrected chi connectivity index (χ4v) is 2.94. The molecule has 0 bridgehead atoms. The zero-order valence-electron chi connectivity index (χ0n) is 13.6. The van der Waals surface area contributed by atoms with E-state index >= 15 is 0 Å². The van der Waals surface area contributed by atoms with Gasteiger partial charge < -0.3 is 31.5 Å². The van der Waals surface area contributed by atoms with E-state index < -0.39 is 17.9 Å². The minimum atomic E-state index is -3.27. The molecule has 0 saturated heterocycles. The molecule has 1 aliphatic carbocycles. The molecule has 138 valence electrons. The van der Waals surface area contributed by atoms with Crippen LogP contribution in [-0.2, 0) is 10.8 Å². The van der Waals surface area contributed by atoms with Gasteiger partial charge in [-0.25, -0.2) is 19.1 Å². The van der Waals surface area contributed by atoms with E-state index in [9.17, 15) is 24.9 Å². The fourth-order valence-electron chi connectivity index (χ4n) is 2.94. The predicted molar refractivity (Wildman–Crippen MR) is 87.1 cm³/mol. The number of hydrogen-bond donors (Lipinski definition) is 5. The molecule has 1 fully saturated rings. The lowest BCUT2D eigenvalue weighted by Gasteiger charge is -2.15. The molecule has 0 spiro atoms. The second-order valence-corrected chi connectivity index (χ2v) is 5.65. The van der Waals surface area contributed by atoms with E-state index in [0.717, 1.165) is 25.7 Å². The van der Waals surface area contributed by atoms with Crippen molar-refractivity contribution < 1.29 is 24.9 Å². The maximum absolute atomic E-state index is 12.4. The predicted octanol–water partition coefficient (Wildman–Crippen LogP) is -0.849.